The molecule has 1 N–H and O–H groups in total. The van der Waals surface area contributed by atoms with Gasteiger partial charge < -0.3 is 14.8 Å². The van der Waals surface area contributed by atoms with Gasteiger partial charge >= 0.3 is 0 Å². The summed E-state index contributed by atoms with van der Waals surface area (Å²) >= 11 is 6.19. The molecule has 0 radical (unpaired) electrons. The Morgan fingerprint density at radius 1 is 1.19 bits per heavy atom. The van der Waals surface area contributed by atoms with Crippen molar-refractivity contribution in [1.29, 1.82) is 0 Å². The van der Waals surface area contributed by atoms with E-state index >= 15 is 0 Å². The van der Waals surface area contributed by atoms with E-state index in [2.05, 4.69) is 29.6 Å². The van der Waals surface area contributed by atoms with E-state index in [9.17, 15) is 0 Å². The quantitative estimate of drug-likeness (QED) is 0.937. The highest BCUT2D eigenvalue weighted by Gasteiger charge is 2.24. The molecule has 2 aromatic rings. The normalized spacial score (nSPS) is 18.2. The maximum absolute atomic E-state index is 6.19. The molecule has 0 saturated carbocycles. The van der Waals surface area contributed by atoms with Gasteiger partial charge in [0.1, 0.15) is 0 Å². The summed E-state index contributed by atoms with van der Waals surface area (Å²) in [7, 11) is 0. The molecule has 0 spiro atoms. The summed E-state index contributed by atoms with van der Waals surface area (Å²) in [6, 6.07) is 12.6. The Kier molecular flexibility index (Phi) is 3.24. The molecule has 0 bridgehead atoms. The van der Waals surface area contributed by atoms with E-state index in [0.29, 0.717) is 16.7 Å². The standard InChI is InChI=1S/C17H16ClNO2/c18-15-5-11(6-16-17(15)21-10-20-16)8-19-9-13-7-12-3-1-2-4-14(12)13/h1-6,13,19H,7-10H2. The molecule has 108 valence electrons. The molecular formula is C17H16ClNO2. The van der Waals surface area contributed by atoms with Crippen molar-refractivity contribution in [2.45, 2.75) is 18.9 Å². The third-order valence-electron chi connectivity index (χ3n) is 4.17. The SMILES string of the molecule is Clc1cc(CNCC2Cc3ccccc32)cc2c1OCO2. The maximum atomic E-state index is 6.19. The van der Waals surface area contributed by atoms with Crippen LogP contribution in [0.2, 0.25) is 5.02 Å². The summed E-state index contributed by atoms with van der Waals surface area (Å²) in [5.41, 5.74) is 4.08. The molecule has 4 rings (SSSR count). The first-order chi connectivity index (χ1) is 10.3. The van der Waals surface area contributed by atoms with Crippen LogP contribution in [-0.2, 0) is 13.0 Å². The Morgan fingerprint density at radius 3 is 3.00 bits per heavy atom. The zero-order valence-electron chi connectivity index (χ0n) is 11.6. The molecule has 0 fully saturated rings. The van der Waals surface area contributed by atoms with Crippen molar-refractivity contribution in [1.82, 2.24) is 5.32 Å². The van der Waals surface area contributed by atoms with Crippen LogP contribution in [-0.4, -0.2) is 13.3 Å². The molecule has 0 amide bonds. The highest BCUT2D eigenvalue weighted by atomic mass is 35.5. The van der Waals surface area contributed by atoms with Gasteiger partial charge in [0.15, 0.2) is 11.5 Å². The van der Waals surface area contributed by atoms with E-state index in [1.165, 1.54) is 17.5 Å². The largest absolute Gasteiger partial charge is 0.454 e. The maximum Gasteiger partial charge on any atom is 0.231 e. The van der Waals surface area contributed by atoms with Crippen LogP contribution in [0.3, 0.4) is 0 Å². The average molecular weight is 302 g/mol. The summed E-state index contributed by atoms with van der Waals surface area (Å²) < 4.78 is 10.7. The minimum Gasteiger partial charge on any atom is -0.454 e. The zero-order valence-corrected chi connectivity index (χ0v) is 12.3. The molecule has 1 atom stereocenters. The van der Waals surface area contributed by atoms with Crippen LogP contribution in [0.1, 0.15) is 22.6 Å². The van der Waals surface area contributed by atoms with Crippen LogP contribution in [0.4, 0.5) is 0 Å². The van der Waals surface area contributed by atoms with Gasteiger partial charge in [0, 0.05) is 19.0 Å². The number of hydrogen-bond acceptors (Lipinski definition) is 3. The van der Waals surface area contributed by atoms with Crippen LogP contribution < -0.4 is 14.8 Å². The molecule has 2 aromatic carbocycles. The molecule has 2 aliphatic rings. The Balaban J connectivity index is 1.37. The Hall–Kier alpha value is -1.71. The lowest BCUT2D eigenvalue weighted by Crippen LogP contribution is -2.28. The topological polar surface area (TPSA) is 30.5 Å². The molecule has 21 heavy (non-hydrogen) atoms. The summed E-state index contributed by atoms with van der Waals surface area (Å²) in [6.45, 7) is 2.03. The molecule has 0 aromatic heterocycles. The second-order valence-corrected chi connectivity index (χ2v) is 5.95. The van der Waals surface area contributed by atoms with Gasteiger partial charge in [-0.25, -0.2) is 0 Å². The lowest BCUT2D eigenvalue weighted by molar-refractivity contribution is 0.174. The van der Waals surface area contributed by atoms with E-state index in [4.69, 9.17) is 21.1 Å². The van der Waals surface area contributed by atoms with Gasteiger partial charge in [-0.15, -0.1) is 0 Å². The highest BCUT2D eigenvalue weighted by molar-refractivity contribution is 6.32. The predicted molar refractivity (Wildman–Crippen MR) is 82.2 cm³/mol. The first-order valence-corrected chi connectivity index (χ1v) is 7.55. The number of halogens is 1. The summed E-state index contributed by atoms with van der Waals surface area (Å²) in [6.07, 6.45) is 1.17. The molecular weight excluding hydrogens is 286 g/mol. The lowest BCUT2D eigenvalue weighted by atomic mass is 9.77. The molecule has 1 aliphatic carbocycles. The van der Waals surface area contributed by atoms with Gasteiger partial charge in [0.2, 0.25) is 6.79 Å². The van der Waals surface area contributed by atoms with Crippen molar-refractivity contribution in [3.05, 3.63) is 58.1 Å². The van der Waals surface area contributed by atoms with Gasteiger partial charge in [0.25, 0.3) is 0 Å². The fourth-order valence-electron chi connectivity index (χ4n) is 3.06. The highest BCUT2D eigenvalue weighted by Crippen LogP contribution is 2.40. The van der Waals surface area contributed by atoms with Crippen molar-refractivity contribution in [2.24, 2.45) is 0 Å². The summed E-state index contributed by atoms with van der Waals surface area (Å²) in [4.78, 5) is 0. The van der Waals surface area contributed by atoms with Crippen molar-refractivity contribution in [2.75, 3.05) is 13.3 Å². The van der Waals surface area contributed by atoms with Crippen molar-refractivity contribution < 1.29 is 9.47 Å². The van der Waals surface area contributed by atoms with Crippen LogP contribution >= 0.6 is 11.6 Å². The Bertz CT molecular complexity index is 686. The fraction of sp³-hybridized carbons (Fsp3) is 0.294. The van der Waals surface area contributed by atoms with Crippen LogP contribution in [0.5, 0.6) is 11.5 Å². The van der Waals surface area contributed by atoms with E-state index in [1.54, 1.807) is 0 Å². The minimum absolute atomic E-state index is 0.255. The van der Waals surface area contributed by atoms with E-state index in [0.717, 1.165) is 24.4 Å². The van der Waals surface area contributed by atoms with Gasteiger partial charge in [0.05, 0.1) is 5.02 Å². The molecule has 4 heteroatoms. The monoisotopic (exact) mass is 301 g/mol. The van der Waals surface area contributed by atoms with Crippen molar-refractivity contribution in [3.8, 4) is 11.5 Å². The number of fused-ring (bicyclic) bond motifs is 2. The van der Waals surface area contributed by atoms with Crippen molar-refractivity contribution >= 4 is 11.6 Å². The fourth-order valence-corrected chi connectivity index (χ4v) is 3.35. The average Bonchev–Trinajstić information content (AvgIpc) is 2.93. The van der Waals surface area contributed by atoms with E-state index < -0.39 is 0 Å². The van der Waals surface area contributed by atoms with Gasteiger partial charge in [-0.05, 0) is 35.2 Å². The van der Waals surface area contributed by atoms with Crippen LogP contribution in [0.15, 0.2) is 36.4 Å². The Labute approximate surface area is 128 Å². The van der Waals surface area contributed by atoms with Gasteiger partial charge in [-0.3, -0.25) is 0 Å². The second-order valence-electron chi connectivity index (χ2n) is 5.54. The third kappa shape index (κ3) is 2.37. The van der Waals surface area contributed by atoms with Gasteiger partial charge in [-0.1, -0.05) is 35.9 Å². The first-order valence-electron chi connectivity index (χ1n) is 7.18. The smallest absolute Gasteiger partial charge is 0.231 e. The van der Waals surface area contributed by atoms with E-state index in [-0.39, 0.29) is 6.79 Å². The Morgan fingerprint density at radius 2 is 2.10 bits per heavy atom. The predicted octanol–water partition coefficient (Wildman–Crippen LogP) is 3.50. The van der Waals surface area contributed by atoms with E-state index in [1.807, 2.05) is 12.1 Å². The molecule has 0 saturated heterocycles. The number of hydrogen-bond donors (Lipinski definition) is 1. The first kappa shape index (κ1) is 13.0. The van der Waals surface area contributed by atoms with Crippen molar-refractivity contribution in [3.63, 3.8) is 0 Å². The minimum atomic E-state index is 0.255. The van der Waals surface area contributed by atoms with Crippen LogP contribution in [0.25, 0.3) is 0 Å². The number of nitrogens with one attached hydrogen (secondary N) is 1. The number of benzene rings is 2. The molecule has 3 nitrogen and oxygen atoms in total. The lowest BCUT2D eigenvalue weighted by Gasteiger charge is -2.30. The van der Waals surface area contributed by atoms with Gasteiger partial charge in [-0.2, -0.15) is 0 Å². The summed E-state index contributed by atoms with van der Waals surface area (Å²) in [5, 5.41) is 4.13. The number of ether oxygens (including phenoxy) is 2. The summed E-state index contributed by atoms with van der Waals surface area (Å²) in [5.74, 6) is 2.03. The number of rotatable bonds is 4. The molecule has 1 heterocycles. The second kappa shape index (κ2) is 5.24. The third-order valence-corrected chi connectivity index (χ3v) is 4.45. The zero-order chi connectivity index (χ0) is 14.2. The molecule has 1 unspecified atom stereocenters. The molecule has 1 aliphatic heterocycles. The van der Waals surface area contributed by atoms with Crippen LogP contribution in [0, 0.1) is 0 Å².